The molecule has 0 saturated carbocycles. The van der Waals surface area contributed by atoms with Crippen molar-refractivity contribution in [2.24, 2.45) is 29.1 Å². The molecular formula is C32H50O3. The second-order valence-corrected chi connectivity index (χ2v) is 12.0. The molecule has 0 radical (unpaired) electrons. The van der Waals surface area contributed by atoms with Crippen LogP contribution in [0.4, 0.5) is 0 Å². The van der Waals surface area contributed by atoms with Crippen molar-refractivity contribution in [3.8, 4) is 0 Å². The summed E-state index contributed by atoms with van der Waals surface area (Å²) in [5.74, 6) is 1.77. The lowest BCUT2D eigenvalue weighted by molar-refractivity contribution is 0.0410. The molecule has 0 heterocycles. The molecule has 0 saturated heterocycles. The number of hydrogen-bond acceptors (Lipinski definition) is 3. The quantitative estimate of drug-likeness (QED) is 0.255. The Balaban J connectivity index is 1.78. The molecule has 1 aromatic rings. The van der Waals surface area contributed by atoms with Gasteiger partial charge < -0.3 is 5.11 Å². The Morgan fingerprint density at radius 2 is 1.46 bits per heavy atom. The molecule has 3 heteroatoms. The molecule has 1 aliphatic rings. The first-order valence-corrected chi connectivity index (χ1v) is 14.0. The Morgan fingerprint density at radius 1 is 0.914 bits per heavy atom. The largest absolute Gasteiger partial charge is 0.395 e. The number of carbonyl (C=O) groups is 2. The maximum atomic E-state index is 13.2. The number of allylic oxidation sites excluding steroid dienone is 2. The van der Waals surface area contributed by atoms with Gasteiger partial charge in [0.25, 0.3) is 0 Å². The zero-order valence-electron chi connectivity index (χ0n) is 23.2. The Morgan fingerprint density at radius 3 is 2.03 bits per heavy atom. The first kappa shape index (κ1) is 29.5. The number of rotatable bonds is 15. The molecule has 0 fully saturated rings. The molecule has 1 aromatic carbocycles. The molecule has 0 spiro atoms. The maximum Gasteiger partial charge on any atom is 0.172 e. The van der Waals surface area contributed by atoms with Gasteiger partial charge in [0, 0.05) is 17.0 Å². The highest BCUT2D eigenvalue weighted by molar-refractivity contribution is 6.17. The van der Waals surface area contributed by atoms with E-state index in [1.54, 1.807) is 31.2 Å². The first-order chi connectivity index (χ1) is 16.6. The third-order valence-electron chi connectivity index (χ3n) is 8.21. The summed E-state index contributed by atoms with van der Waals surface area (Å²) in [4.78, 5) is 26.3. The molecule has 0 aliphatic heterocycles. The van der Waals surface area contributed by atoms with Crippen LogP contribution in [0.2, 0.25) is 0 Å². The van der Waals surface area contributed by atoms with Crippen molar-refractivity contribution < 1.29 is 14.7 Å². The number of fused-ring (bicyclic) bond motifs is 1. The van der Waals surface area contributed by atoms with Gasteiger partial charge in [-0.15, -0.1) is 0 Å². The van der Waals surface area contributed by atoms with Crippen LogP contribution < -0.4 is 0 Å². The summed E-state index contributed by atoms with van der Waals surface area (Å²) in [6.45, 7) is 13.0. The lowest BCUT2D eigenvalue weighted by Crippen LogP contribution is -2.47. The highest BCUT2D eigenvalue weighted by atomic mass is 16.3. The van der Waals surface area contributed by atoms with Crippen molar-refractivity contribution in [1.29, 1.82) is 0 Å². The van der Waals surface area contributed by atoms with Crippen LogP contribution in [0.3, 0.4) is 0 Å². The Bertz CT molecular complexity index is 852. The van der Waals surface area contributed by atoms with Gasteiger partial charge in [0.15, 0.2) is 11.6 Å². The van der Waals surface area contributed by atoms with Crippen LogP contribution in [0.5, 0.6) is 0 Å². The Labute approximate surface area is 214 Å². The smallest absolute Gasteiger partial charge is 0.172 e. The molecule has 4 atom stereocenters. The second-order valence-electron chi connectivity index (χ2n) is 12.0. The monoisotopic (exact) mass is 482 g/mol. The summed E-state index contributed by atoms with van der Waals surface area (Å²) in [6, 6.07) is 7.03. The van der Waals surface area contributed by atoms with Crippen LogP contribution in [0.25, 0.3) is 0 Å². The van der Waals surface area contributed by atoms with Crippen molar-refractivity contribution >= 4 is 11.6 Å². The maximum absolute atomic E-state index is 13.2. The third kappa shape index (κ3) is 8.41. The summed E-state index contributed by atoms with van der Waals surface area (Å²) in [5, 5.41) is 10.1. The zero-order valence-corrected chi connectivity index (χ0v) is 23.2. The number of carbonyl (C=O) groups excluding carboxylic acids is 2. The van der Waals surface area contributed by atoms with E-state index >= 15 is 0 Å². The van der Waals surface area contributed by atoms with E-state index in [4.69, 9.17) is 0 Å². The third-order valence-corrected chi connectivity index (χ3v) is 8.21. The van der Waals surface area contributed by atoms with E-state index in [9.17, 15) is 14.7 Å². The zero-order chi connectivity index (χ0) is 26.0. The number of benzene rings is 1. The van der Waals surface area contributed by atoms with Gasteiger partial charge >= 0.3 is 0 Å². The Hall–Kier alpha value is -1.74. The van der Waals surface area contributed by atoms with E-state index in [0.29, 0.717) is 17.5 Å². The molecule has 196 valence electrons. The van der Waals surface area contributed by atoms with Crippen LogP contribution in [-0.2, 0) is 0 Å². The van der Waals surface area contributed by atoms with Gasteiger partial charge in [-0.2, -0.15) is 0 Å². The number of aliphatic hydroxyl groups excluding tert-OH is 1. The fourth-order valence-electron chi connectivity index (χ4n) is 5.52. The minimum Gasteiger partial charge on any atom is -0.395 e. The lowest BCUT2D eigenvalue weighted by Gasteiger charge is -2.38. The molecule has 0 aromatic heterocycles. The number of aliphatic hydroxyl groups is 1. The van der Waals surface area contributed by atoms with Gasteiger partial charge in [-0.1, -0.05) is 109 Å². The van der Waals surface area contributed by atoms with Crippen LogP contribution in [0, 0.1) is 29.1 Å². The van der Waals surface area contributed by atoms with E-state index < -0.39 is 11.3 Å². The van der Waals surface area contributed by atoms with Crippen molar-refractivity contribution in [2.45, 2.75) is 106 Å². The minimum atomic E-state index is -1.05. The summed E-state index contributed by atoms with van der Waals surface area (Å²) in [5.41, 5.74) is 1.17. The van der Waals surface area contributed by atoms with Crippen molar-refractivity contribution in [3.05, 3.63) is 47.0 Å². The summed E-state index contributed by atoms with van der Waals surface area (Å²) < 4.78 is 0. The number of ketones is 2. The van der Waals surface area contributed by atoms with E-state index in [1.165, 1.54) is 50.5 Å². The van der Waals surface area contributed by atoms with E-state index in [2.05, 4.69) is 40.7 Å². The predicted octanol–water partition coefficient (Wildman–Crippen LogP) is 8.46. The highest BCUT2D eigenvalue weighted by Crippen LogP contribution is 2.41. The van der Waals surface area contributed by atoms with Crippen LogP contribution in [-0.4, -0.2) is 23.3 Å². The van der Waals surface area contributed by atoms with Gasteiger partial charge in [-0.25, -0.2) is 0 Å². The van der Waals surface area contributed by atoms with Crippen molar-refractivity contribution in [3.63, 3.8) is 0 Å². The van der Waals surface area contributed by atoms with E-state index in [0.717, 1.165) is 30.6 Å². The average Bonchev–Trinajstić information content (AvgIpc) is 2.82. The molecule has 2 rings (SSSR count). The van der Waals surface area contributed by atoms with Crippen LogP contribution in [0.15, 0.2) is 35.9 Å². The summed E-state index contributed by atoms with van der Waals surface area (Å²) >= 11 is 0. The van der Waals surface area contributed by atoms with Crippen molar-refractivity contribution in [1.82, 2.24) is 0 Å². The molecule has 0 amide bonds. The molecule has 0 bridgehead atoms. The fraction of sp³-hybridized carbons (Fsp3) is 0.688. The Kier molecular flexibility index (Phi) is 11.9. The van der Waals surface area contributed by atoms with Gasteiger partial charge in [0.2, 0.25) is 0 Å². The number of hydrogen-bond donors (Lipinski definition) is 1. The minimum absolute atomic E-state index is 0.0205. The lowest BCUT2D eigenvalue weighted by atomic mass is 9.63. The predicted molar refractivity (Wildman–Crippen MR) is 147 cm³/mol. The molecule has 1 aliphatic carbocycles. The molecule has 3 nitrogen and oxygen atoms in total. The van der Waals surface area contributed by atoms with Gasteiger partial charge in [-0.3, -0.25) is 9.59 Å². The first-order valence-electron chi connectivity index (χ1n) is 14.0. The second kappa shape index (κ2) is 14.1. The standard InChI is InChI=1S/C32H50O3/c1-23(2)12-9-13-24(3)14-10-15-25(4)16-11-17-26(5)20-21-29-30(34)27-18-7-8-19-28(27)31(35)32(29,6)22-33/h7-8,18-20,23-25,29,33H,9-17,21-22H2,1-6H3/b26-20+. The van der Waals surface area contributed by atoms with Crippen LogP contribution >= 0.6 is 0 Å². The van der Waals surface area contributed by atoms with Gasteiger partial charge in [0.05, 0.1) is 12.0 Å². The summed E-state index contributed by atoms with van der Waals surface area (Å²) in [7, 11) is 0. The van der Waals surface area contributed by atoms with E-state index in [1.807, 2.05) is 0 Å². The molecular weight excluding hydrogens is 432 g/mol. The van der Waals surface area contributed by atoms with Gasteiger partial charge in [0.1, 0.15) is 0 Å². The fourth-order valence-corrected chi connectivity index (χ4v) is 5.52. The summed E-state index contributed by atoms with van der Waals surface area (Å²) in [6.07, 6.45) is 14.1. The highest BCUT2D eigenvalue weighted by Gasteiger charge is 2.49. The SMILES string of the molecule is C/C(=C\CC1C(=O)c2ccccc2C(=O)C1(C)CO)CCCC(C)CCCC(C)CCCC(C)C. The van der Waals surface area contributed by atoms with E-state index in [-0.39, 0.29) is 18.2 Å². The topological polar surface area (TPSA) is 54.4 Å². The normalized spacial score (nSPS) is 22.4. The molecule has 1 N–H and O–H groups in total. The van der Waals surface area contributed by atoms with Crippen molar-refractivity contribution in [2.75, 3.05) is 6.61 Å². The average molecular weight is 483 g/mol. The van der Waals surface area contributed by atoms with Gasteiger partial charge in [-0.05, 0) is 50.9 Å². The molecule has 4 unspecified atom stereocenters. The van der Waals surface area contributed by atoms with Crippen LogP contribution in [0.1, 0.15) is 126 Å². The number of Topliss-reactive ketones (excluding diaryl/α,β-unsaturated/α-hetero) is 2. The molecule has 35 heavy (non-hydrogen) atoms.